The smallest absolute Gasteiger partial charge is 0.240 e. The number of rotatable bonds is 4. The topological polar surface area (TPSA) is 72.2 Å². The molecule has 0 aliphatic heterocycles. The minimum atomic E-state index is -3.39. The van der Waals surface area contributed by atoms with E-state index in [2.05, 4.69) is 4.72 Å². The molecule has 0 heterocycles. The molecule has 4 rings (SSSR count). The van der Waals surface area contributed by atoms with Crippen molar-refractivity contribution in [1.82, 2.24) is 4.72 Å². The van der Waals surface area contributed by atoms with Crippen LogP contribution in [0.2, 0.25) is 0 Å². The summed E-state index contributed by atoms with van der Waals surface area (Å²) in [4.78, 5) is 0.351. The number of nitrogens with two attached hydrogens (primary N) is 1. The lowest BCUT2D eigenvalue weighted by Crippen LogP contribution is -2.30. The van der Waals surface area contributed by atoms with Gasteiger partial charge in [0.05, 0.1) is 4.90 Å². The molecule has 3 saturated carbocycles. The largest absolute Gasteiger partial charge is 0.324 e. The van der Waals surface area contributed by atoms with Gasteiger partial charge in [-0.15, -0.1) is 0 Å². The quantitative estimate of drug-likeness (QED) is 0.894. The number of sulfonamides is 1. The highest BCUT2D eigenvalue weighted by Crippen LogP contribution is 2.65. The van der Waals surface area contributed by atoms with Gasteiger partial charge in [-0.2, -0.15) is 0 Å². The van der Waals surface area contributed by atoms with Crippen LogP contribution in [0.4, 0.5) is 0 Å². The van der Waals surface area contributed by atoms with Crippen LogP contribution in [-0.2, 0) is 10.0 Å². The Labute approximate surface area is 126 Å². The van der Waals surface area contributed by atoms with Gasteiger partial charge in [0.15, 0.2) is 0 Å². The predicted octanol–water partition coefficient (Wildman–Crippen LogP) is 2.03. The molecule has 3 aliphatic carbocycles. The summed E-state index contributed by atoms with van der Waals surface area (Å²) in [5.74, 6) is 2.77. The summed E-state index contributed by atoms with van der Waals surface area (Å²) >= 11 is 0. The fraction of sp³-hybridized carbons (Fsp3) is 0.625. The van der Waals surface area contributed by atoms with E-state index in [9.17, 15) is 8.42 Å². The van der Waals surface area contributed by atoms with Gasteiger partial charge in [-0.05, 0) is 67.6 Å². The van der Waals surface area contributed by atoms with Crippen LogP contribution in [0.3, 0.4) is 0 Å². The minimum absolute atomic E-state index is 0.0758. The minimum Gasteiger partial charge on any atom is -0.324 e. The first kappa shape index (κ1) is 13.7. The maximum absolute atomic E-state index is 12.5. The summed E-state index contributed by atoms with van der Waals surface area (Å²) < 4.78 is 27.9. The van der Waals surface area contributed by atoms with Gasteiger partial charge < -0.3 is 5.73 Å². The van der Waals surface area contributed by atoms with E-state index in [1.165, 1.54) is 19.3 Å². The van der Waals surface area contributed by atoms with Crippen molar-refractivity contribution in [3.63, 3.8) is 0 Å². The van der Waals surface area contributed by atoms with E-state index in [0.717, 1.165) is 17.4 Å². The SMILES string of the molecule is CC(N)c1ccc(S(=O)(=O)NC2C3C4CCC(C4)C23)cc1. The summed E-state index contributed by atoms with van der Waals surface area (Å²) in [6, 6.07) is 7.04. The molecule has 5 unspecified atom stereocenters. The van der Waals surface area contributed by atoms with Crippen molar-refractivity contribution < 1.29 is 8.42 Å². The fourth-order valence-electron chi connectivity index (χ4n) is 4.68. The second kappa shape index (κ2) is 4.54. The Morgan fingerprint density at radius 3 is 2.24 bits per heavy atom. The van der Waals surface area contributed by atoms with E-state index in [4.69, 9.17) is 5.73 Å². The van der Waals surface area contributed by atoms with E-state index < -0.39 is 10.0 Å². The normalized spacial score (nSPS) is 38.3. The van der Waals surface area contributed by atoms with Gasteiger partial charge in [0, 0.05) is 12.1 Å². The Bertz CT molecular complexity index is 637. The summed E-state index contributed by atoms with van der Waals surface area (Å²) in [6.07, 6.45) is 3.93. The highest BCUT2D eigenvalue weighted by Gasteiger charge is 2.65. The number of benzene rings is 1. The van der Waals surface area contributed by atoms with E-state index in [0.29, 0.717) is 16.7 Å². The molecule has 114 valence electrons. The summed E-state index contributed by atoms with van der Waals surface area (Å²) in [7, 11) is -3.39. The lowest BCUT2D eigenvalue weighted by Gasteiger charge is -2.12. The molecule has 0 amide bonds. The molecule has 5 atom stereocenters. The molecular formula is C16H22N2O2S. The van der Waals surface area contributed by atoms with Crippen molar-refractivity contribution in [2.75, 3.05) is 0 Å². The molecule has 1 aromatic carbocycles. The van der Waals surface area contributed by atoms with Crippen molar-refractivity contribution in [2.24, 2.45) is 29.4 Å². The molecule has 5 heteroatoms. The zero-order valence-corrected chi connectivity index (χ0v) is 13.0. The highest BCUT2D eigenvalue weighted by molar-refractivity contribution is 7.89. The van der Waals surface area contributed by atoms with Crippen molar-refractivity contribution in [3.05, 3.63) is 29.8 Å². The zero-order valence-electron chi connectivity index (χ0n) is 12.2. The van der Waals surface area contributed by atoms with Crippen molar-refractivity contribution in [3.8, 4) is 0 Å². The van der Waals surface area contributed by atoms with E-state index in [1.54, 1.807) is 24.3 Å². The van der Waals surface area contributed by atoms with E-state index >= 15 is 0 Å². The lowest BCUT2D eigenvalue weighted by atomic mass is 10.0. The van der Waals surface area contributed by atoms with Crippen molar-refractivity contribution in [1.29, 1.82) is 0 Å². The van der Waals surface area contributed by atoms with Crippen LogP contribution in [-0.4, -0.2) is 14.5 Å². The van der Waals surface area contributed by atoms with Crippen LogP contribution < -0.4 is 10.5 Å². The molecule has 2 bridgehead atoms. The van der Waals surface area contributed by atoms with Crippen LogP contribution >= 0.6 is 0 Å². The third kappa shape index (κ3) is 2.14. The number of hydrogen-bond acceptors (Lipinski definition) is 3. The second-order valence-electron chi connectivity index (χ2n) is 6.99. The fourth-order valence-corrected chi connectivity index (χ4v) is 5.98. The number of hydrogen-bond donors (Lipinski definition) is 2. The Balaban J connectivity index is 1.50. The van der Waals surface area contributed by atoms with Crippen LogP contribution in [0.5, 0.6) is 0 Å². The number of fused-ring (bicyclic) bond motifs is 5. The Morgan fingerprint density at radius 2 is 1.71 bits per heavy atom. The average Bonchev–Trinajstić information content (AvgIpc) is 2.85. The maximum Gasteiger partial charge on any atom is 0.240 e. The Morgan fingerprint density at radius 1 is 1.14 bits per heavy atom. The number of nitrogens with one attached hydrogen (secondary N) is 1. The van der Waals surface area contributed by atoms with Crippen molar-refractivity contribution >= 4 is 10.0 Å². The average molecular weight is 306 g/mol. The molecular weight excluding hydrogens is 284 g/mol. The van der Waals surface area contributed by atoms with Crippen LogP contribution in [0.15, 0.2) is 29.2 Å². The van der Waals surface area contributed by atoms with Gasteiger partial charge in [-0.25, -0.2) is 13.1 Å². The molecule has 3 N–H and O–H groups in total. The zero-order chi connectivity index (χ0) is 14.8. The molecule has 4 nitrogen and oxygen atoms in total. The van der Waals surface area contributed by atoms with Gasteiger partial charge >= 0.3 is 0 Å². The van der Waals surface area contributed by atoms with Gasteiger partial charge in [0.2, 0.25) is 10.0 Å². The van der Waals surface area contributed by atoms with Gasteiger partial charge in [-0.3, -0.25) is 0 Å². The van der Waals surface area contributed by atoms with Gasteiger partial charge in [-0.1, -0.05) is 12.1 Å². The summed E-state index contributed by atoms with van der Waals surface area (Å²) in [5.41, 5.74) is 6.75. The first-order valence-electron chi connectivity index (χ1n) is 7.85. The molecule has 0 spiro atoms. The van der Waals surface area contributed by atoms with E-state index in [1.807, 2.05) is 6.92 Å². The molecule has 0 saturated heterocycles. The lowest BCUT2D eigenvalue weighted by molar-refractivity contribution is 0.456. The highest BCUT2D eigenvalue weighted by atomic mass is 32.2. The third-order valence-electron chi connectivity index (χ3n) is 5.74. The molecule has 0 aromatic heterocycles. The standard InChI is InChI=1S/C16H22N2O2S/c1-9(17)10-4-6-13(7-5-10)21(19,20)18-16-14-11-2-3-12(8-11)15(14)16/h4-7,9,11-12,14-16,18H,2-3,8,17H2,1H3. The monoisotopic (exact) mass is 306 g/mol. The Kier molecular flexibility index (Phi) is 2.97. The molecule has 3 aliphatic rings. The predicted molar refractivity (Wildman–Crippen MR) is 81.0 cm³/mol. The first-order chi connectivity index (χ1) is 9.97. The van der Waals surface area contributed by atoms with Gasteiger partial charge in [0.25, 0.3) is 0 Å². The van der Waals surface area contributed by atoms with Gasteiger partial charge in [0.1, 0.15) is 0 Å². The molecule has 3 fully saturated rings. The molecule has 0 radical (unpaired) electrons. The van der Waals surface area contributed by atoms with Crippen LogP contribution in [0, 0.1) is 23.7 Å². The Hall–Kier alpha value is -0.910. The van der Waals surface area contributed by atoms with Crippen molar-refractivity contribution in [2.45, 2.75) is 43.2 Å². The second-order valence-corrected chi connectivity index (χ2v) is 8.71. The summed E-state index contributed by atoms with van der Waals surface area (Å²) in [5, 5.41) is 0. The molecule has 1 aromatic rings. The van der Waals surface area contributed by atoms with Crippen LogP contribution in [0.1, 0.15) is 37.8 Å². The first-order valence-corrected chi connectivity index (χ1v) is 9.33. The van der Waals surface area contributed by atoms with E-state index in [-0.39, 0.29) is 12.1 Å². The summed E-state index contributed by atoms with van der Waals surface area (Å²) in [6.45, 7) is 1.89. The third-order valence-corrected chi connectivity index (χ3v) is 7.22. The molecule has 21 heavy (non-hydrogen) atoms. The van der Waals surface area contributed by atoms with Crippen LogP contribution in [0.25, 0.3) is 0 Å². The maximum atomic E-state index is 12.5.